The zero-order valence-electron chi connectivity index (χ0n) is 3.90. The van der Waals surface area contributed by atoms with Gasteiger partial charge in [0.15, 0.2) is 0 Å². The van der Waals surface area contributed by atoms with Gasteiger partial charge >= 0.3 is 6.22 Å². The quantitative estimate of drug-likeness (QED) is 0.373. The van der Waals surface area contributed by atoms with Crippen molar-refractivity contribution in [1.29, 1.82) is 0 Å². The van der Waals surface area contributed by atoms with Crippen molar-refractivity contribution >= 4 is 6.22 Å². The molecule has 0 atom stereocenters. The lowest BCUT2D eigenvalue weighted by molar-refractivity contribution is 0.150. The topological polar surface area (TPSA) is 26.3 Å². The summed E-state index contributed by atoms with van der Waals surface area (Å²) in [6.45, 7) is 4.50. The highest BCUT2D eigenvalue weighted by atomic mass is 19.1. The Morgan fingerprint density at radius 3 is 2.29 bits per heavy atom. The van der Waals surface area contributed by atoms with Crippen LogP contribution >= 0.6 is 0 Å². The molecular formula is C4H5FO2. The minimum atomic E-state index is -1.81. The Labute approximate surface area is 40.6 Å². The molecule has 7 heavy (non-hydrogen) atoms. The second kappa shape index (κ2) is 2.34. The summed E-state index contributed by atoms with van der Waals surface area (Å²) < 4.78 is 14.8. The van der Waals surface area contributed by atoms with E-state index in [9.17, 15) is 9.18 Å². The van der Waals surface area contributed by atoms with Crippen LogP contribution in [-0.2, 0) is 4.74 Å². The maximum atomic E-state index is 11.0. The molecule has 0 N–H and O–H groups in total. The van der Waals surface area contributed by atoms with Gasteiger partial charge in [0.1, 0.15) is 5.76 Å². The van der Waals surface area contributed by atoms with Gasteiger partial charge in [-0.2, -0.15) is 0 Å². The molecule has 3 heteroatoms. The summed E-state index contributed by atoms with van der Waals surface area (Å²) in [7, 11) is 0. The van der Waals surface area contributed by atoms with Crippen molar-refractivity contribution in [2.24, 2.45) is 0 Å². The lowest BCUT2D eigenvalue weighted by Gasteiger charge is -1.89. The Balaban J connectivity index is 3.32. The minimum absolute atomic E-state index is 0.0625. The summed E-state index contributed by atoms with van der Waals surface area (Å²) in [6.07, 6.45) is -1.81. The first-order valence-corrected chi connectivity index (χ1v) is 1.65. The Morgan fingerprint density at radius 2 is 2.29 bits per heavy atom. The summed E-state index contributed by atoms with van der Waals surface area (Å²) in [5, 5.41) is 0. The van der Waals surface area contributed by atoms with Gasteiger partial charge in [0.25, 0.3) is 0 Å². The smallest absolute Gasteiger partial charge is 0.407 e. The molecule has 40 valence electrons. The Morgan fingerprint density at radius 1 is 1.86 bits per heavy atom. The summed E-state index contributed by atoms with van der Waals surface area (Å²) in [6, 6.07) is 0. The molecule has 0 aromatic rings. The van der Waals surface area contributed by atoms with Crippen LogP contribution in [0.4, 0.5) is 9.18 Å². The summed E-state index contributed by atoms with van der Waals surface area (Å²) in [5.41, 5.74) is 0. The van der Waals surface area contributed by atoms with Crippen LogP contribution < -0.4 is 0 Å². The molecule has 0 amide bonds. The lowest BCUT2D eigenvalue weighted by atomic mass is 10.7. The van der Waals surface area contributed by atoms with E-state index in [1.807, 2.05) is 0 Å². The molecule has 0 aliphatic carbocycles. The number of allylic oxidation sites excluding steroid dienone is 1. The Kier molecular flexibility index (Phi) is 2.05. The van der Waals surface area contributed by atoms with Gasteiger partial charge in [0.05, 0.1) is 0 Å². The molecule has 0 aromatic heterocycles. The van der Waals surface area contributed by atoms with Gasteiger partial charge in [0, 0.05) is 0 Å². The van der Waals surface area contributed by atoms with Gasteiger partial charge in [-0.3, -0.25) is 0 Å². The summed E-state index contributed by atoms with van der Waals surface area (Å²) in [5.74, 6) is 0.0625. The number of hydrogen-bond donors (Lipinski definition) is 0. The number of halogens is 1. The van der Waals surface area contributed by atoms with Crippen LogP contribution in [0.25, 0.3) is 0 Å². The average molecular weight is 104 g/mol. The first-order chi connectivity index (χ1) is 3.13. The monoisotopic (exact) mass is 104 g/mol. The molecule has 0 aliphatic rings. The first kappa shape index (κ1) is 6.14. The van der Waals surface area contributed by atoms with Crippen LogP contribution in [0.3, 0.4) is 0 Å². The highest BCUT2D eigenvalue weighted by Crippen LogP contribution is 1.91. The standard InChI is InChI=1S/C4H5FO2/c1-3(2)7-4(5)6/h1H2,2H3. The van der Waals surface area contributed by atoms with Crippen molar-refractivity contribution < 1.29 is 13.9 Å². The molecular weight excluding hydrogens is 99.0 g/mol. The molecule has 0 spiro atoms. The van der Waals surface area contributed by atoms with Crippen LogP contribution in [0.5, 0.6) is 0 Å². The molecule has 0 aliphatic heterocycles. The number of rotatable bonds is 1. The van der Waals surface area contributed by atoms with E-state index in [0.717, 1.165) is 0 Å². The van der Waals surface area contributed by atoms with Crippen LogP contribution in [0.2, 0.25) is 0 Å². The molecule has 0 heterocycles. The number of ether oxygens (including phenoxy) is 1. The fourth-order valence-electron chi connectivity index (χ4n) is 0.137. The molecule has 0 bridgehead atoms. The Bertz CT molecular complexity index is 85.9. The zero-order valence-corrected chi connectivity index (χ0v) is 3.90. The molecule has 0 unspecified atom stereocenters. The number of hydrogen-bond acceptors (Lipinski definition) is 2. The zero-order chi connectivity index (χ0) is 5.86. The van der Waals surface area contributed by atoms with E-state index in [2.05, 4.69) is 11.3 Å². The second-order valence-electron chi connectivity index (χ2n) is 1.04. The van der Waals surface area contributed by atoms with E-state index >= 15 is 0 Å². The van der Waals surface area contributed by atoms with Crippen molar-refractivity contribution in [2.45, 2.75) is 6.92 Å². The fraction of sp³-hybridized carbons (Fsp3) is 0.250. The molecule has 0 aromatic carbocycles. The third-order valence-electron chi connectivity index (χ3n) is 0.254. The van der Waals surface area contributed by atoms with E-state index in [1.54, 1.807) is 0 Å². The molecule has 2 nitrogen and oxygen atoms in total. The fourth-order valence-corrected chi connectivity index (χ4v) is 0.137. The van der Waals surface area contributed by atoms with E-state index in [4.69, 9.17) is 0 Å². The number of carbonyl (C=O) groups excluding carboxylic acids is 1. The van der Waals surface area contributed by atoms with Crippen molar-refractivity contribution in [2.75, 3.05) is 0 Å². The van der Waals surface area contributed by atoms with E-state index in [1.165, 1.54) is 6.92 Å². The van der Waals surface area contributed by atoms with E-state index in [-0.39, 0.29) is 5.76 Å². The molecule has 0 rings (SSSR count). The Hall–Kier alpha value is -0.860. The molecule has 0 saturated carbocycles. The van der Waals surface area contributed by atoms with Crippen molar-refractivity contribution in [3.8, 4) is 0 Å². The van der Waals surface area contributed by atoms with Gasteiger partial charge in [0.2, 0.25) is 0 Å². The van der Waals surface area contributed by atoms with Gasteiger partial charge < -0.3 is 4.74 Å². The maximum absolute atomic E-state index is 11.0. The van der Waals surface area contributed by atoms with Crippen LogP contribution in [0.15, 0.2) is 12.3 Å². The van der Waals surface area contributed by atoms with Crippen molar-refractivity contribution in [3.05, 3.63) is 12.3 Å². The average Bonchev–Trinajstić information content (AvgIpc) is 1.27. The minimum Gasteiger partial charge on any atom is -0.407 e. The highest BCUT2D eigenvalue weighted by molar-refractivity contribution is 5.59. The van der Waals surface area contributed by atoms with Crippen LogP contribution in [-0.4, -0.2) is 6.22 Å². The van der Waals surface area contributed by atoms with Gasteiger partial charge in [-0.1, -0.05) is 6.58 Å². The molecule has 0 fully saturated rings. The third-order valence-corrected chi connectivity index (χ3v) is 0.254. The van der Waals surface area contributed by atoms with Gasteiger partial charge in [-0.15, -0.1) is 4.39 Å². The van der Waals surface area contributed by atoms with Crippen molar-refractivity contribution in [1.82, 2.24) is 0 Å². The number of carbonyl (C=O) groups is 1. The normalized spacial score (nSPS) is 7.71. The summed E-state index contributed by atoms with van der Waals surface area (Å²) in [4.78, 5) is 9.30. The highest BCUT2D eigenvalue weighted by Gasteiger charge is 1.94. The van der Waals surface area contributed by atoms with Gasteiger partial charge in [-0.25, -0.2) is 4.79 Å². The van der Waals surface area contributed by atoms with Crippen molar-refractivity contribution in [3.63, 3.8) is 0 Å². The molecule has 0 saturated heterocycles. The maximum Gasteiger partial charge on any atom is 0.500 e. The predicted molar refractivity (Wildman–Crippen MR) is 22.4 cm³/mol. The largest absolute Gasteiger partial charge is 0.500 e. The van der Waals surface area contributed by atoms with Crippen LogP contribution in [0, 0.1) is 0 Å². The second-order valence-corrected chi connectivity index (χ2v) is 1.04. The van der Waals surface area contributed by atoms with Crippen LogP contribution in [0.1, 0.15) is 6.92 Å². The van der Waals surface area contributed by atoms with E-state index < -0.39 is 6.22 Å². The predicted octanol–water partition coefficient (Wildman–Crippen LogP) is 1.63. The lowest BCUT2D eigenvalue weighted by Crippen LogP contribution is -1.88. The SMILES string of the molecule is C=C(C)OC(=O)F. The first-order valence-electron chi connectivity index (χ1n) is 1.65. The molecule has 0 radical (unpaired) electrons. The summed E-state index contributed by atoms with van der Waals surface area (Å²) >= 11 is 0. The van der Waals surface area contributed by atoms with Gasteiger partial charge in [-0.05, 0) is 6.92 Å². The third kappa shape index (κ3) is 5.14. The van der Waals surface area contributed by atoms with E-state index in [0.29, 0.717) is 0 Å².